The van der Waals surface area contributed by atoms with Crippen LogP contribution in [0.3, 0.4) is 0 Å². The molecule has 4 rings (SSSR count). The molecule has 148 valence electrons. The van der Waals surface area contributed by atoms with E-state index >= 15 is 0 Å². The Morgan fingerprint density at radius 3 is 2.69 bits per heavy atom. The molecule has 1 aromatic heterocycles. The molecule has 1 fully saturated rings. The summed E-state index contributed by atoms with van der Waals surface area (Å²) in [5.74, 6) is -0.438. The van der Waals surface area contributed by atoms with Crippen molar-refractivity contribution < 1.29 is 9.59 Å². The molecule has 6 nitrogen and oxygen atoms in total. The summed E-state index contributed by atoms with van der Waals surface area (Å²) in [4.78, 5) is 26.8. The van der Waals surface area contributed by atoms with Crippen LogP contribution in [0.25, 0.3) is 5.69 Å². The molecule has 2 amide bonds. The molecule has 0 radical (unpaired) electrons. The maximum absolute atomic E-state index is 12.6. The first-order valence-corrected chi connectivity index (χ1v) is 9.90. The van der Waals surface area contributed by atoms with Crippen molar-refractivity contribution in [3.63, 3.8) is 0 Å². The van der Waals surface area contributed by atoms with Gasteiger partial charge in [-0.25, -0.2) is 4.68 Å². The normalized spacial score (nSPS) is 16.2. The second-order valence-corrected chi connectivity index (χ2v) is 7.28. The van der Waals surface area contributed by atoms with E-state index in [0.717, 1.165) is 23.4 Å². The molecule has 1 N–H and O–H groups in total. The molecule has 1 aliphatic rings. The highest BCUT2D eigenvalue weighted by atomic mass is 16.2. The zero-order valence-electron chi connectivity index (χ0n) is 16.4. The van der Waals surface area contributed by atoms with Crippen molar-refractivity contribution in [2.75, 3.05) is 11.4 Å². The fourth-order valence-corrected chi connectivity index (χ4v) is 3.58. The minimum atomic E-state index is -0.336. The van der Waals surface area contributed by atoms with Crippen molar-refractivity contribution in [3.05, 3.63) is 78.1 Å². The van der Waals surface area contributed by atoms with Gasteiger partial charge in [-0.3, -0.25) is 9.59 Å². The van der Waals surface area contributed by atoms with Crippen molar-refractivity contribution in [2.45, 2.75) is 26.3 Å². The summed E-state index contributed by atoms with van der Waals surface area (Å²) in [6.45, 7) is 2.89. The standard InChI is InChI=1S/C23H24N4O2/c1-2-17-7-6-10-21(11-17)26-16-19(12-22(26)28)23(29)24-13-18-14-25-27(15-18)20-8-4-3-5-9-20/h3-11,14-15,19H,2,12-13,16H2,1H3,(H,24,29)/t19-/m1/s1. The summed E-state index contributed by atoms with van der Waals surface area (Å²) in [6.07, 6.45) is 4.80. The minimum Gasteiger partial charge on any atom is -0.352 e. The number of anilines is 1. The third-order valence-corrected chi connectivity index (χ3v) is 5.25. The van der Waals surface area contributed by atoms with Crippen LogP contribution in [0.5, 0.6) is 0 Å². The van der Waals surface area contributed by atoms with Crippen LogP contribution in [-0.2, 0) is 22.6 Å². The number of nitrogens with zero attached hydrogens (tertiary/aromatic N) is 3. The molecule has 0 bridgehead atoms. The molecule has 0 aliphatic carbocycles. The van der Waals surface area contributed by atoms with Crippen LogP contribution in [0.1, 0.15) is 24.5 Å². The molecule has 3 aromatic rings. The predicted molar refractivity (Wildman–Crippen MR) is 112 cm³/mol. The lowest BCUT2D eigenvalue weighted by Crippen LogP contribution is -2.32. The first-order valence-electron chi connectivity index (χ1n) is 9.90. The fourth-order valence-electron chi connectivity index (χ4n) is 3.58. The number of aromatic nitrogens is 2. The quantitative estimate of drug-likeness (QED) is 0.706. The van der Waals surface area contributed by atoms with Crippen molar-refractivity contribution in [1.82, 2.24) is 15.1 Å². The van der Waals surface area contributed by atoms with Gasteiger partial charge in [0.2, 0.25) is 11.8 Å². The number of para-hydroxylation sites is 1. The second-order valence-electron chi connectivity index (χ2n) is 7.28. The lowest BCUT2D eigenvalue weighted by Gasteiger charge is -2.17. The van der Waals surface area contributed by atoms with Gasteiger partial charge in [0.25, 0.3) is 0 Å². The van der Waals surface area contributed by atoms with Gasteiger partial charge < -0.3 is 10.2 Å². The van der Waals surface area contributed by atoms with Gasteiger partial charge in [-0.1, -0.05) is 37.3 Å². The highest BCUT2D eigenvalue weighted by molar-refractivity contribution is 6.00. The summed E-state index contributed by atoms with van der Waals surface area (Å²) in [7, 11) is 0. The third kappa shape index (κ3) is 4.21. The summed E-state index contributed by atoms with van der Waals surface area (Å²) < 4.78 is 1.78. The van der Waals surface area contributed by atoms with E-state index < -0.39 is 0 Å². The second kappa shape index (κ2) is 8.31. The molecule has 1 saturated heterocycles. The Labute approximate surface area is 170 Å². The molecule has 6 heteroatoms. The number of amides is 2. The van der Waals surface area contributed by atoms with Gasteiger partial charge in [0, 0.05) is 37.0 Å². The van der Waals surface area contributed by atoms with Crippen LogP contribution in [0.4, 0.5) is 5.69 Å². The Morgan fingerprint density at radius 1 is 1.10 bits per heavy atom. The van der Waals surface area contributed by atoms with Crippen LogP contribution < -0.4 is 10.2 Å². The minimum absolute atomic E-state index is 0.00435. The van der Waals surface area contributed by atoms with Crippen LogP contribution in [-0.4, -0.2) is 28.1 Å². The molecular formula is C23H24N4O2. The average molecular weight is 388 g/mol. The van der Waals surface area contributed by atoms with E-state index in [0.29, 0.717) is 13.1 Å². The van der Waals surface area contributed by atoms with E-state index in [-0.39, 0.29) is 24.2 Å². The van der Waals surface area contributed by atoms with Gasteiger partial charge in [0.15, 0.2) is 0 Å². The Kier molecular flexibility index (Phi) is 5.42. The van der Waals surface area contributed by atoms with E-state index in [2.05, 4.69) is 17.3 Å². The number of carbonyl (C=O) groups excluding carboxylic acids is 2. The molecule has 2 aromatic carbocycles. The van der Waals surface area contributed by atoms with Crippen LogP contribution in [0.15, 0.2) is 67.0 Å². The molecule has 2 heterocycles. The number of nitrogens with one attached hydrogen (secondary N) is 1. The summed E-state index contributed by atoms with van der Waals surface area (Å²) in [5.41, 5.74) is 3.93. The first-order chi connectivity index (χ1) is 14.1. The van der Waals surface area contributed by atoms with E-state index in [9.17, 15) is 9.59 Å². The molecule has 29 heavy (non-hydrogen) atoms. The summed E-state index contributed by atoms with van der Waals surface area (Å²) in [6, 6.07) is 17.8. The Morgan fingerprint density at radius 2 is 1.90 bits per heavy atom. The van der Waals surface area contributed by atoms with E-state index in [1.165, 1.54) is 5.56 Å². The zero-order valence-corrected chi connectivity index (χ0v) is 16.4. The van der Waals surface area contributed by atoms with Crippen molar-refractivity contribution in [1.29, 1.82) is 0 Å². The fraction of sp³-hybridized carbons (Fsp3) is 0.261. The first kappa shape index (κ1) is 18.9. The lowest BCUT2D eigenvalue weighted by molar-refractivity contribution is -0.126. The van der Waals surface area contributed by atoms with Gasteiger partial charge in [-0.15, -0.1) is 0 Å². The molecule has 0 unspecified atom stereocenters. The number of benzene rings is 2. The highest BCUT2D eigenvalue weighted by Gasteiger charge is 2.35. The van der Waals surface area contributed by atoms with Crippen LogP contribution in [0.2, 0.25) is 0 Å². The molecule has 1 aliphatic heterocycles. The van der Waals surface area contributed by atoms with Gasteiger partial charge in [0.1, 0.15) is 0 Å². The number of hydrogen-bond donors (Lipinski definition) is 1. The number of aryl methyl sites for hydroxylation is 1. The summed E-state index contributed by atoms with van der Waals surface area (Å²) in [5, 5.41) is 7.29. The Balaban J connectivity index is 1.36. The average Bonchev–Trinajstić information content (AvgIpc) is 3.39. The van der Waals surface area contributed by atoms with E-state index in [4.69, 9.17) is 0 Å². The van der Waals surface area contributed by atoms with Gasteiger partial charge in [-0.2, -0.15) is 5.10 Å². The van der Waals surface area contributed by atoms with Gasteiger partial charge >= 0.3 is 0 Å². The van der Waals surface area contributed by atoms with Crippen LogP contribution >= 0.6 is 0 Å². The molecule has 0 saturated carbocycles. The van der Waals surface area contributed by atoms with E-state index in [1.807, 2.05) is 60.8 Å². The third-order valence-electron chi connectivity index (χ3n) is 5.25. The van der Waals surface area contributed by atoms with Crippen molar-refractivity contribution in [3.8, 4) is 5.69 Å². The predicted octanol–water partition coefficient (Wildman–Crippen LogP) is 3.10. The molecule has 0 spiro atoms. The number of carbonyl (C=O) groups is 2. The maximum atomic E-state index is 12.6. The number of hydrogen-bond acceptors (Lipinski definition) is 3. The van der Waals surface area contributed by atoms with Crippen molar-refractivity contribution in [2.24, 2.45) is 5.92 Å². The largest absolute Gasteiger partial charge is 0.352 e. The smallest absolute Gasteiger partial charge is 0.227 e. The highest BCUT2D eigenvalue weighted by Crippen LogP contribution is 2.26. The zero-order chi connectivity index (χ0) is 20.2. The Bertz CT molecular complexity index is 1010. The van der Waals surface area contributed by atoms with E-state index in [1.54, 1.807) is 15.8 Å². The summed E-state index contributed by atoms with van der Waals surface area (Å²) >= 11 is 0. The van der Waals surface area contributed by atoms with Gasteiger partial charge in [0.05, 0.1) is 17.8 Å². The number of rotatable bonds is 6. The monoisotopic (exact) mass is 388 g/mol. The van der Waals surface area contributed by atoms with Crippen LogP contribution in [0, 0.1) is 5.92 Å². The molecular weight excluding hydrogens is 364 g/mol. The molecule has 1 atom stereocenters. The maximum Gasteiger partial charge on any atom is 0.227 e. The lowest BCUT2D eigenvalue weighted by atomic mass is 10.1. The van der Waals surface area contributed by atoms with Crippen molar-refractivity contribution >= 4 is 17.5 Å². The Hall–Kier alpha value is -3.41. The topological polar surface area (TPSA) is 67.2 Å². The van der Waals surface area contributed by atoms with Gasteiger partial charge in [-0.05, 0) is 36.2 Å². The SMILES string of the molecule is CCc1cccc(N2C[C@H](C(=O)NCc3cnn(-c4ccccc4)c3)CC2=O)c1.